The molecule has 0 aliphatic carbocycles. The van der Waals surface area contributed by atoms with Crippen molar-refractivity contribution in [1.82, 2.24) is 30.1 Å². The summed E-state index contributed by atoms with van der Waals surface area (Å²) in [4.78, 5) is 19.0. The van der Waals surface area contributed by atoms with E-state index in [9.17, 15) is 4.79 Å². The Morgan fingerprint density at radius 1 is 1.29 bits per heavy atom. The summed E-state index contributed by atoms with van der Waals surface area (Å²) < 4.78 is 2.77. The van der Waals surface area contributed by atoms with Gasteiger partial charge in [-0.2, -0.15) is 4.52 Å². The van der Waals surface area contributed by atoms with E-state index in [1.54, 1.807) is 22.2 Å². The predicted molar refractivity (Wildman–Crippen MR) is 108 cm³/mol. The molecule has 10 heteroatoms. The predicted octanol–water partition coefficient (Wildman–Crippen LogP) is 2.44. The molecule has 1 atom stereocenters. The Hall–Kier alpha value is -3.27. The standard InChI is InChI=1S/C18H18N8OS/c1-11-20-14-8-12(2-3-15(14)28-11)21-18(27)22-13-6-7-25(9-13)17-5-4-16-23-19-10-26(16)24-17/h2-5,8,10,13H,6-7,9H2,1H3,(H2,21,22,27)/t13-/m1/s1. The lowest BCUT2D eigenvalue weighted by atomic mass is 10.2. The van der Waals surface area contributed by atoms with Crippen molar-refractivity contribution in [2.45, 2.75) is 19.4 Å². The van der Waals surface area contributed by atoms with Crippen LogP contribution in [0.25, 0.3) is 15.9 Å². The van der Waals surface area contributed by atoms with Crippen LogP contribution in [0.15, 0.2) is 36.7 Å². The number of urea groups is 1. The lowest BCUT2D eigenvalue weighted by molar-refractivity contribution is 0.249. The number of anilines is 2. The Balaban J connectivity index is 1.21. The van der Waals surface area contributed by atoms with Gasteiger partial charge in [-0.05, 0) is 43.7 Å². The molecule has 1 aliphatic heterocycles. The Bertz CT molecular complexity index is 1170. The van der Waals surface area contributed by atoms with Crippen LogP contribution in [0.1, 0.15) is 11.4 Å². The van der Waals surface area contributed by atoms with Crippen molar-refractivity contribution in [2.24, 2.45) is 0 Å². The number of carbonyl (C=O) groups is 1. The molecule has 3 aromatic heterocycles. The van der Waals surface area contributed by atoms with Crippen LogP contribution in [0, 0.1) is 6.92 Å². The summed E-state index contributed by atoms with van der Waals surface area (Å²) in [6.45, 7) is 3.51. The summed E-state index contributed by atoms with van der Waals surface area (Å²) >= 11 is 1.64. The first-order valence-corrected chi connectivity index (χ1v) is 9.82. The van der Waals surface area contributed by atoms with Crippen LogP contribution in [-0.4, -0.2) is 50.0 Å². The van der Waals surface area contributed by atoms with Crippen LogP contribution < -0.4 is 15.5 Å². The van der Waals surface area contributed by atoms with E-state index in [-0.39, 0.29) is 12.1 Å². The number of amides is 2. The highest BCUT2D eigenvalue weighted by molar-refractivity contribution is 7.18. The molecule has 0 bridgehead atoms. The number of nitrogens with one attached hydrogen (secondary N) is 2. The molecular weight excluding hydrogens is 376 g/mol. The quantitative estimate of drug-likeness (QED) is 0.554. The topological polar surface area (TPSA) is 100 Å². The number of aryl methyl sites for hydroxylation is 1. The maximum absolute atomic E-state index is 12.4. The molecule has 9 nitrogen and oxygen atoms in total. The van der Waals surface area contributed by atoms with Gasteiger partial charge in [0.05, 0.1) is 15.2 Å². The third-order valence-corrected chi connectivity index (χ3v) is 5.70. The first-order chi connectivity index (χ1) is 13.6. The molecule has 1 aromatic carbocycles. The molecule has 0 radical (unpaired) electrons. The van der Waals surface area contributed by atoms with Crippen molar-refractivity contribution in [3.05, 3.63) is 41.7 Å². The molecule has 1 saturated heterocycles. The first kappa shape index (κ1) is 16.9. The zero-order valence-corrected chi connectivity index (χ0v) is 16.0. The lowest BCUT2D eigenvalue weighted by Crippen LogP contribution is -2.39. The summed E-state index contributed by atoms with van der Waals surface area (Å²) in [6, 6.07) is 9.45. The van der Waals surface area contributed by atoms with Crippen LogP contribution in [-0.2, 0) is 0 Å². The minimum Gasteiger partial charge on any atom is -0.353 e. The van der Waals surface area contributed by atoms with Crippen molar-refractivity contribution in [3.63, 3.8) is 0 Å². The fourth-order valence-electron chi connectivity index (χ4n) is 3.45. The number of benzene rings is 1. The van der Waals surface area contributed by atoms with Crippen LogP contribution in [0.5, 0.6) is 0 Å². The van der Waals surface area contributed by atoms with Gasteiger partial charge in [0.25, 0.3) is 0 Å². The van der Waals surface area contributed by atoms with Crippen molar-refractivity contribution < 1.29 is 4.79 Å². The second kappa shape index (κ2) is 6.71. The van der Waals surface area contributed by atoms with Crippen LogP contribution in [0.2, 0.25) is 0 Å². The number of hydrogen-bond donors (Lipinski definition) is 2. The molecule has 0 unspecified atom stereocenters. The van der Waals surface area contributed by atoms with E-state index in [4.69, 9.17) is 0 Å². The van der Waals surface area contributed by atoms with E-state index in [0.29, 0.717) is 12.2 Å². The minimum absolute atomic E-state index is 0.0589. The fraction of sp³-hybridized carbons (Fsp3) is 0.278. The van der Waals surface area contributed by atoms with Gasteiger partial charge in [-0.3, -0.25) is 0 Å². The normalized spacial score (nSPS) is 16.8. The molecule has 28 heavy (non-hydrogen) atoms. The maximum Gasteiger partial charge on any atom is 0.319 e. The molecule has 4 heterocycles. The van der Waals surface area contributed by atoms with Gasteiger partial charge in [0, 0.05) is 24.8 Å². The molecule has 1 fully saturated rings. The second-order valence-corrected chi connectivity index (χ2v) is 8.01. The fourth-order valence-corrected chi connectivity index (χ4v) is 4.25. The summed E-state index contributed by atoms with van der Waals surface area (Å²) in [5.74, 6) is 0.848. The zero-order valence-electron chi connectivity index (χ0n) is 15.2. The Morgan fingerprint density at radius 2 is 2.21 bits per heavy atom. The zero-order chi connectivity index (χ0) is 19.1. The number of hydrogen-bond acceptors (Lipinski definition) is 7. The molecule has 142 valence electrons. The number of rotatable bonds is 3. The highest BCUT2D eigenvalue weighted by Crippen LogP contribution is 2.24. The molecular formula is C18H18N8OS. The van der Waals surface area contributed by atoms with Crippen molar-refractivity contribution in [3.8, 4) is 0 Å². The maximum atomic E-state index is 12.4. The monoisotopic (exact) mass is 394 g/mol. The Labute approximate surface area is 164 Å². The van der Waals surface area contributed by atoms with E-state index >= 15 is 0 Å². The Kier molecular flexibility index (Phi) is 4.05. The van der Waals surface area contributed by atoms with Crippen LogP contribution in [0.4, 0.5) is 16.3 Å². The summed E-state index contributed by atoms with van der Waals surface area (Å²) in [5.41, 5.74) is 2.36. The number of carbonyl (C=O) groups excluding carboxylic acids is 1. The number of nitrogens with zero attached hydrogens (tertiary/aromatic N) is 6. The van der Waals surface area contributed by atoms with Crippen molar-refractivity contribution in [2.75, 3.05) is 23.3 Å². The number of aromatic nitrogens is 5. The summed E-state index contributed by atoms with van der Waals surface area (Å²) in [7, 11) is 0. The molecule has 4 aromatic rings. The van der Waals surface area contributed by atoms with E-state index < -0.39 is 0 Å². The average molecular weight is 394 g/mol. The van der Waals surface area contributed by atoms with Gasteiger partial charge < -0.3 is 15.5 Å². The molecule has 2 amide bonds. The van der Waals surface area contributed by atoms with Crippen molar-refractivity contribution >= 4 is 44.7 Å². The summed E-state index contributed by atoms with van der Waals surface area (Å²) in [5, 5.41) is 19.3. The van der Waals surface area contributed by atoms with Crippen molar-refractivity contribution in [1.29, 1.82) is 0 Å². The Morgan fingerprint density at radius 3 is 3.14 bits per heavy atom. The third-order valence-electron chi connectivity index (χ3n) is 4.75. The molecule has 0 saturated carbocycles. The third kappa shape index (κ3) is 3.22. The van der Waals surface area contributed by atoms with E-state index in [2.05, 4.69) is 35.8 Å². The van der Waals surface area contributed by atoms with Gasteiger partial charge >= 0.3 is 6.03 Å². The SMILES string of the molecule is Cc1nc2cc(NC(=O)N[C@@H]3CCN(c4ccc5nncn5n4)C3)ccc2s1. The first-order valence-electron chi connectivity index (χ1n) is 9.01. The van der Waals surface area contributed by atoms with Crippen LogP contribution in [0.3, 0.4) is 0 Å². The van der Waals surface area contributed by atoms with E-state index in [0.717, 1.165) is 39.7 Å². The molecule has 5 rings (SSSR count). The lowest BCUT2D eigenvalue weighted by Gasteiger charge is -2.18. The van der Waals surface area contributed by atoms with Gasteiger partial charge in [0.1, 0.15) is 12.1 Å². The number of fused-ring (bicyclic) bond motifs is 2. The van der Waals surface area contributed by atoms with Gasteiger partial charge in [0.2, 0.25) is 0 Å². The van der Waals surface area contributed by atoms with Gasteiger partial charge in [-0.1, -0.05) is 0 Å². The smallest absolute Gasteiger partial charge is 0.319 e. The number of thiazole rings is 1. The van der Waals surface area contributed by atoms with Gasteiger partial charge in [0.15, 0.2) is 5.65 Å². The van der Waals surface area contributed by atoms with E-state index in [1.165, 1.54) is 0 Å². The van der Waals surface area contributed by atoms with Gasteiger partial charge in [-0.25, -0.2) is 9.78 Å². The molecule has 2 N–H and O–H groups in total. The van der Waals surface area contributed by atoms with Crippen LogP contribution >= 0.6 is 11.3 Å². The highest BCUT2D eigenvalue weighted by Gasteiger charge is 2.25. The minimum atomic E-state index is -0.208. The van der Waals surface area contributed by atoms with Gasteiger partial charge in [-0.15, -0.1) is 26.6 Å². The molecule has 1 aliphatic rings. The van der Waals surface area contributed by atoms with E-state index in [1.807, 2.05) is 37.3 Å². The largest absolute Gasteiger partial charge is 0.353 e. The second-order valence-electron chi connectivity index (χ2n) is 6.77. The summed E-state index contributed by atoms with van der Waals surface area (Å²) in [6.07, 6.45) is 2.44. The molecule has 0 spiro atoms. The average Bonchev–Trinajstić information content (AvgIpc) is 3.39. The highest BCUT2D eigenvalue weighted by atomic mass is 32.1.